The lowest BCUT2D eigenvalue weighted by Gasteiger charge is -2.12. The third-order valence-corrected chi connectivity index (χ3v) is 2.99. The molecule has 0 aliphatic carbocycles. The van der Waals surface area contributed by atoms with Crippen molar-refractivity contribution in [3.05, 3.63) is 47.3 Å². The Hall–Kier alpha value is -1.94. The van der Waals surface area contributed by atoms with Crippen LogP contribution in [0.5, 0.6) is 11.8 Å². The molecule has 0 radical (unpaired) electrons. The molecule has 1 heterocycles. The van der Waals surface area contributed by atoms with E-state index in [9.17, 15) is 0 Å². The maximum absolute atomic E-state index is 5.87. The molecule has 0 unspecified atom stereocenters. The fourth-order valence-electron chi connectivity index (χ4n) is 1.94. The summed E-state index contributed by atoms with van der Waals surface area (Å²) in [6.45, 7) is 6.93. The van der Waals surface area contributed by atoms with E-state index in [2.05, 4.69) is 29.1 Å². The van der Waals surface area contributed by atoms with Gasteiger partial charge >= 0.3 is 6.01 Å². The molecule has 0 fully saturated rings. The largest absolute Gasteiger partial charge is 0.424 e. The molecule has 0 atom stereocenters. The molecular weight excluding hydrogens is 250 g/mol. The fourth-order valence-corrected chi connectivity index (χ4v) is 1.94. The molecule has 20 heavy (non-hydrogen) atoms. The molecule has 0 aliphatic heterocycles. The van der Waals surface area contributed by atoms with Crippen LogP contribution < -0.4 is 10.1 Å². The van der Waals surface area contributed by atoms with Gasteiger partial charge in [0.1, 0.15) is 5.75 Å². The highest BCUT2D eigenvalue weighted by Crippen LogP contribution is 2.24. The number of nitrogens with one attached hydrogen (secondary N) is 1. The predicted molar refractivity (Wildman–Crippen MR) is 80.1 cm³/mol. The first kappa shape index (κ1) is 14.5. The van der Waals surface area contributed by atoms with Gasteiger partial charge in [-0.25, -0.2) is 4.98 Å². The number of ether oxygens (including phenoxy) is 1. The SMILES string of the molecule is CNCc1ccccc1Oc1nc(C)cc(C(C)C)n1. The van der Waals surface area contributed by atoms with Crippen LogP contribution in [0.3, 0.4) is 0 Å². The van der Waals surface area contributed by atoms with Gasteiger partial charge in [-0.2, -0.15) is 4.98 Å². The molecule has 2 rings (SSSR count). The van der Waals surface area contributed by atoms with Crippen LogP contribution in [0.25, 0.3) is 0 Å². The summed E-state index contributed by atoms with van der Waals surface area (Å²) in [5.74, 6) is 1.15. The normalized spacial score (nSPS) is 10.8. The highest BCUT2D eigenvalue weighted by Gasteiger charge is 2.09. The third-order valence-electron chi connectivity index (χ3n) is 2.99. The van der Waals surface area contributed by atoms with E-state index in [0.717, 1.165) is 29.2 Å². The van der Waals surface area contributed by atoms with Crippen molar-refractivity contribution in [2.45, 2.75) is 33.2 Å². The molecule has 0 bridgehead atoms. The molecule has 106 valence electrons. The number of hydrogen-bond donors (Lipinski definition) is 1. The van der Waals surface area contributed by atoms with Gasteiger partial charge in [-0.05, 0) is 32.0 Å². The van der Waals surface area contributed by atoms with Gasteiger partial charge in [0, 0.05) is 17.8 Å². The van der Waals surface area contributed by atoms with Crippen molar-refractivity contribution in [3.8, 4) is 11.8 Å². The Bertz CT molecular complexity index is 582. The summed E-state index contributed by atoms with van der Waals surface area (Å²) in [4.78, 5) is 8.83. The topological polar surface area (TPSA) is 47.0 Å². The van der Waals surface area contributed by atoms with Gasteiger partial charge in [-0.3, -0.25) is 0 Å². The second kappa shape index (κ2) is 6.48. The van der Waals surface area contributed by atoms with Crippen molar-refractivity contribution in [1.29, 1.82) is 0 Å². The minimum Gasteiger partial charge on any atom is -0.424 e. The molecule has 1 aromatic heterocycles. The maximum Gasteiger partial charge on any atom is 0.322 e. The molecule has 4 nitrogen and oxygen atoms in total. The summed E-state index contributed by atoms with van der Waals surface area (Å²) >= 11 is 0. The standard InChI is InChI=1S/C16H21N3O/c1-11(2)14-9-12(3)18-16(19-14)20-15-8-6-5-7-13(15)10-17-4/h5-9,11,17H,10H2,1-4H3. The Morgan fingerprint density at radius 1 is 1.20 bits per heavy atom. The van der Waals surface area contributed by atoms with E-state index in [4.69, 9.17) is 4.74 Å². The van der Waals surface area contributed by atoms with Crippen LogP contribution >= 0.6 is 0 Å². The number of rotatable bonds is 5. The monoisotopic (exact) mass is 271 g/mol. The minimum absolute atomic E-state index is 0.353. The zero-order chi connectivity index (χ0) is 14.5. The number of para-hydroxylation sites is 1. The maximum atomic E-state index is 5.87. The first-order chi connectivity index (χ1) is 9.60. The van der Waals surface area contributed by atoms with Crippen molar-refractivity contribution >= 4 is 0 Å². The second-order valence-electron chi connectivity index (χ2n) is 5.11. The molecule has 0 amide bonds. The average Bonchev–Trinajstić information content (AvgIpc) is 2.40. The van der Waals surface area contributed by atoms with Crippen molar-refractivity contribution in [2.24, 2.45) is 0 Å². The molecule has 4 heteroatoms. The number of benzene rings is 1. The first-order valence-electron chi connectivity index (χ1n) is 6.86. The molecular formula is C16H21N3O. The van der Waals surface area contributed by atoms with E-state index in [1.807, 2.05) is 44.3 Å². The van der Waals surface area contributed by atoms with Gasteiger partial charge in [0.05, 0.1) is 5.69 Å². The summed E-state index contributed by atoms with van der Waals surface area (Å²) in [5, 5.41) is 3.13. The zero-order valence-electron chi connectivity index (χ0n) is 12.5. The van der Waals surface area contributed by atoms with Gasteiger partial charge in [0.15, 0.2) is 0 Å². The van der Waals surface area contributed by atoms with E-state index in [-0.39, 0.29) is 0 Å². The Morgan fingerprint density at radius 3 is 2.65 bits per heavy atom. The van der Waals surface area contributed by atoms with Crippen LogP contribution in [0.4, 0.5) is 0 Å². The molecule has 0 aliphatic rings. The molecule has 0 spiro atoms. The van der Waals surface area contributed by atoms with Gasteiger partial charge in [-0.15, -0.1) is 0 Å². The van der Waals surface area contributed by atoms with Gasteiger partial charge in [0.25, 0.3) is 0 Å². The van der Waals surface area contributed by atoms with Gasteiger partial charge in [-0.1, -0.05) is 32.0 Å². The predicted octanol–water partition coefficient (Wildman–Crippen LogP) is 3.42. The van der Waals surface area contributed by atoms with E-state index >= 15 is 0 Å². The summed E-state index contributed by atoms with van der Waals surface area (Å²) < 4.78 is 5.87. The van der Waals surface area contributed by atoms with Crippen LogP contribution in [0.15, 0.2) is 30.3 Å². The quantitative estimate of drug-likeness (QED) is 0.905. The first-order valence-corrected chi connectivity index (χ1v) is 6.86. The van der Waals surface area contributed by atoms with Crippen LogP contribution in [-0.4, -0.2) is 17.0 Å². The Balaban J connectivity index is 2.30. The summed E-state index contributed by atoms with van der Waals surface area (Å²) in [6.07, 6.45) is 0. The Morgan fingerprint density at radius 2 is 1.95 bits per heavy atom. The lowest BCUT2D eigenvalue weighted by atomic mass is 10.1. The van der Waals surface area contributed by atoms with Gasteiger partial charge < -0.3 is 10.1 Å². The fraction of sp³-hybridized carbons (Fsp3) is 0.375. The lowest BCUT2D eigenvalue weighted by Crippen LogP contribution is -2.07. The highest BCUT2D eigenvalue weighted by molar-refractivity contribution is 5.35. The van der Waals surface area contributed by atoms with Crippen LogP contribution in [0, 0.1) is 6.92 Å². The number of aryl methyl sites for hydroxylation is 1. The number of aromatic nitrogens is 2. The van der Waals surface area contributed by atoms with E-state index in [1.165, 1.54) is 0 Å². The summed E-state index contributed by atoms with van der Waals surface area (Å²) in [5.41, 5.74) is 3.01. The number of hydrogen-bond acceptors (Lipinski definition) is 4. The van der Waals surface area contributed by atoms with E-state index in [0.29, 0.717) is 11.9 Å². The third kappa shape index (κ3) is 3.54. The smallest absolute Gasteiger partial charge is 0.322 e. The van der Waals surface area contributed by atoms with Crippen molar-refractivity contribution in [3.63, 3.8) is 0 Å². The molecule has 1 aromatic carbocycles. The van der Waals surface area contributed by atoms with Crippen molar-refractivity contribution < 1.29 is 4.74 Å². The summed E-state index contributed by atoms with van der Waals surface area (Å²) in [7, 11) is 1.91. The minimum atomic E-state index is 0.353. The van der Waals surface area contributed by atoms with Crippen molar-refractivity contribution in [1.82, 2.24) is 15.3 Å². The van der Waals surface area contributed by atoms with Gasteiger partial charge in [0.2, 0.25) is 0 Å². The second-order valence-corrected chi connectivity index (χ2v) is 5.11. The molecule has 0 saturated carbocycles. The average molecular weight is 271 g/mol. The van der Waals surface area contributed by atoms with Crippen LogP contribution in [0.1, 0.15) is 36.7 Å². The molecule has 1 N–H and O–H groups in total. The molecule has 2 aromatic rings. The number of nitrogens with zero attached hydrogens (tertiary/aromatic N) is 2. The van der Waals surface area contributed by atoms with Crippen LogP contribution in [0.2, 0.25) is 0 Å². The molecule has 0 saturated heterocycles. The highest BCUT2D eigenvalue weighted by atomic mass is 16.5. The van der Waals surface area contributed by atoms with E-state index < -0.39 is 0 Å². The Labute approximate surface area is 120 Å². The van der Waals surface area contributed by atoms with Crippen molar-refractivity contribution in [2.75, 3.05) is 7.05 Å². The zero-order valence-corrected chi connectivity index (χ0v) is 12.5. The summed E-state index contributed by atoms with van der Waals surface area (Å²) in [6, 6.07) is 10.3. The Kier molecular flexibility index (Phi) is 4.69. The lowest BCUT2D eigenvalue weighted by molar-refractivity contribution is 0.430. The van der Waals surface area contributed by atoms with E-state index in [1.54, 1.807) is 0 Å². The van der Waals surface area contributed by atoms with Crippen LogP contribution in [-0.2, 0) is 6.54 Å².